The van der Waals surface area contributed by atoms with Crippen molar-refractivity contribution in [1.29, 1.82) is 0 Å². The van der Waals surface area contributed by atoms with E-state index in [1.165, 1.54) is 25.3 Å². The van der Waals surface area contributed by atoms with Gasteiger partial charge in [0.25, 0.3) is 11.6 Å². The summed E-state index contributed by atoms with van der Waals surface area (Å²) in [5, 5.41) is 13.6. The van der Waals surface area contributed by atoms with E-state index in [1.807, 2.05) is 0 Å². The van der Waals surface area contributed by atoms with Gasteiger partial charge in [-0.2, -0.15) is 0 Å². The molecule has 1 heterocycles. The van der Waals surface area contributed by atoms with Crippen LogP contribution < -0.4 is 10.1 Å². The van der Waals surface area contributed by atoms with Crippen LogP contribution in [-0.2, 0) is 4.79 Å². The molecule has 1 aliphatic heterocycles. The monoisotopic (exact) mass is 297 g/mol. The molecule has 2 aromatic carbocycles. The molecule has 2 aromatic rings. The van der Waals surface area contributed by atoms with Gasteiger partial charge in [0.1, 0.15) is 17.1 Å². The number of nitrogens with zero attached hydrogens (tertiary/aromatic N) is 2. The average Bonchev–Trinajstić information content (AvgIpc) is 2.83. The highest BCUT2D eigenvalue weighted by Crippen LogP contribution is 2.33. The summed E-state index contributed by atoms with van der Waals surface area (Å²) in [5.74, 6) is 0.00467. The number of para-hydroxylation sites is 1. The molecule has 110 valence electrons. The largest absolute Gasteiger partial charge is 0.494 e. The van der Waals surface area contributed by atoms with Gasteiger partial charge in [-0.25, -0.2) is 4.99 Å². The number of methoxy groups -OCH3 is 1. The predicted molar refractivity (Wildman–Crippen MR) is 80.9 cm³/mol. The second kappa shape index (κ2) is 5.28. The van der Waals surface area contributed by atoms with Crippen LogP contribution >= 0.6 is 0 Å². The lowest BCUT2D eigenvalue weighted by Gasteiger charge is -2.05. The van der Waals surface area contributed by atoms with E-state index in [-0.39, 0.29) is 23.0 Å². The van der Waals surface area contributed by atoms with Crippen LogP contribution in [0.1, 0.15) is 5.56 Å². The van der Waals surface area contributed by atoms with Gasteiger partial charge >= 0.3 is 0 Å². The Morgan fingerprint density at radius 3 is 2.73 bits per heavy atom. The number of ether oxygens (including phenoxy) is 1. The fourth-order valence-corrected chi connectivity index (χ4v) is 2.21. The zero-order chi connectivity index (χ0) is 15.7. The molecule has 0 unspecified atom stereocenters. The Labute approximate surface area is 125 Å². The van der Waals surface area contributed by atoms with Crippen LogP contribution in [0, 0.1) is 10.1 Å². The van der Waals surface area contributed by atoms with E-state index in [0.717, 1.165) is 0 Å². The molecular formula is C15H11N3O4. The number of nitro groups is 1. The molecule has 1 N–H and O–H groups in total. The third kappa shape index (κ3) is 2.28. The number of non-ortho nitro benzene ring substituents is 1. The summed E-state index contributed by atoms with van der Waals surface area (Å²) in [6.45, 7) is 0. The number of nitrogens with one attached hydrogen (secondary N) is 1. The zero-order valence-corrected chi connectivity index (χ0v) is 11.6. The van der Waals surface area contributed by atoms with Gasteiger partial charge in [-0.15, -0.1) is 0 Å². The number of rotatable bonds is 3. The minimum atomic E-state index is -0.522. The van der Waals surface area contributed by atoms with Crippen molar-refractivity contribution in [3.8, 4) is 5.75 Å². The lowest BCUT2D eigenvalue weighted by Crippen LogP contribution is -2.14. The van der Waals surface area contributed by atoms with Gasteiger partial charge in [-0.05, 0) is 12.1 Å². The van der Waals surface area contributed by atoms with Crippen molar-refractivity contribution in [2.24, 2.45) is 4.99 Å². The Kier molecular flexibility index (Phi) is 3.30. The number of hydrogen-bond acceptors (Lipinski definition) is 5. The summed E-state index contributed by atoms with van der Waals surface area (Å²) in [4.78, 5) is 26.7. The summed E-state index contributed by atoms with van der Waals surface area (Å²) < 4.78 is 5.15. The van der Waals surface area contributed by atoms with Crippen molar-refractivity contribution >= 4 is 28.7 Å². The van der Waals surface area contributed by atoms with E-state index in [1.54, 1.807) is 24.3 Å². The zero-order valence-electron chi connectivity index (χ0n) is 11.6. The van der Waals surface area contributed by atoms with E-state index in [9.17, 15) is 14.9 Å². The molecule has 1 aliphatic rings. The molecule has 0 aliphatic carbocycles. The van der Waals surface area contributed by atoms with Crippen LogP contribution in [0.2, 0.25) is 0 Å². The lowest BCUT2D eigenvalue weighted by atomic mass is 10.1. The number of nitro benzene ring substituents is 1. The number of amides is 1. The van der Waals surface area contributed by atoms with Crippen LogP contribution in [0.25, 0.3) is 0 Å². The fourth-order valence-electron chi connectivity index (χ4n) is 2.21. The minimum absolute atomic E-state index is 0.119. The van der Waals surface area contributed by atoms with Crippen LogP contribution in [-0.4, -0.2) is 23.7 Å². The number of aliphatic imine (C=N–C) groups is 1. The van der Waals surface area contributed by atoms with Crippen LogP contribution in [0.4, 0.5) is 17.1 Å². The quantitative estimate of drug-likeness (QED) is 0.696. The van der Waals surface area contributed by atoms with Gasteiger partial charge in [0.15, 0.2) is 0 Å². The molecule has 0 saturated carbocycles. The first-order valence-electron chi connectivity index (χ1n) is 6.42. The maximum atomic E-state index is 12.0. The number of carbonyl (C=O) groups excluding carboxylic acids is 1. The Bertz CT molecular complexity index is 814. The van der Waals surface area contributed by atoms with Gasteiger partial charge in [0, 0.05) is 17.7 Å². The van der Waals surface area contributed by atoms with E-state index in [2.05, 4.69) is 10.3 Å². The number of fused-ring (bicyclic) bond motifs is 1. The summed E-state index contributed by atoms with van der Waals surface area (Å²) in [5.41, 5.74) is 1.64. The minimum Gasteiger partial charge on any atom is -0.494 e. The van der Waals surface area contributed by atoms with E-state index >= 15 is 0 Å². The summed E-state index contributed by atoms with van der Waals surface area (Å²) in [6.07, 6.45) is 0. The number of anilines is 1. The molecule has 0 spiro atoms. The van der Waals surface area contributed by atoms with Crippen molar-refractivity contribution in [2.75, 3.05) is 12.4 Å². The Morgan fingerprint density at radius 1 is 1.23 bits per heavy atom. The smallest absolute Gasteiger partial charge is 0.275 e. The molecule has 7 heteroatoms. The van der Waals surface area contributed by atoms with Crippen molar-refractivity contribution in [3.63, 3.8) is 0 Å². The number of benzene rings is 2. The lowest BCUT2D eigenvalue weighted by molar-refractivity contribution is -0.384. The third-order valence-corrected chi connectivity index (χ3v) is 3.25. The molecule has 0 radical (unpaired) electrons. The summed E-state index contributed by atoms with van der Waals surface area (Å²) >= 11 is 0. The van der Waals surface area contributed by atoms with Crippen LogP contribution in [0.15, 0.2) is 47.5 Å². The van der Waals surface area contributed by atoms with Crippen LogP contribution in [0.3, 0.4) is 0 Å². The molecule has 0 saturated heterocycles. The maximum Gasteiger partial charge on any atom is 0.275 e. The van der Waals surface area contributed by atoms with Gasteiger partial charge in [0.2, 0.25) is 0 Å². The molecule has 0 atom stereocenters. The standard InChI is InChI=1S/C15H11N3O4/c1-22-13-7-6-9(18(20)21)8-12(13)16-14-10-4-2-3-5-11(10)17-15(14)19/h2-8H,1H3,(H,16,17,19). The SMILES string of the molecule is COc1ccc([N+](=O)[O-])cc1N=C1C(=O)Nc2ccccc21. The molecule has 0 aromatic heterocycles. The first kappa shape index (κ1) is 13.7. The molecule has 0 fully saturated rings. The van der Waals surface area contributed by atoms with Crippen LogP contribution in [0.5, 0.6) is 5.75 Å². The van der Waals surface area contributed by atoms with E-state index in [0.29, 0.717) is 17.0 Å². The average molecular weight is 297 g/mol. The highest BCUT2D eigenvalue weighted by Gasteiger charge is 2.26. The predicted octanol–water partition coefficient (Wildman–Crippen LogP) is 2.68. The topological polar surface area (TPSA) is 93.8 Å². The summed E-state index contributed by atoms with van der Waals surface area (Å²) in [6, 6.07) is 11.2. The van der Waals surface area contributed by atoms with Crippen molar-refractivity contribution < 1.29 is 14.5 Å². The maximum absolute atomic E-state index is 12.0. The highest BCUT2D eigenvalue weighted by molar-refractivity contribution is 6.54. The molecule has 0 bridgehead atoms. The van der Waals surface area contributed by atoms with E-state index < -0.39 is 4.92 Å². The first-order valence-corrected chi connectivity index (χ1v) is 6.42. The highest BCUT2D eigenvalue weighted by atomic mass is 16.6. The Morgan fingerprint density at radius 2 is 2.00 bits per heavy atom. The van der Waals surface area contributed by atoms with Crippen molar-refractivity contribution in [3.05, 3.63) is 58.1 Å². The number of hydrogen-bond donors (Lipinski definition) is 1. The molecule has 7 nitrogen and oxygen atoms in total. The molecular weight excluding hydrogens is 286 g/mol. The van der Waals surface area contributed by atoms with Gasteiger partial charge in [0.05, 0.1) is 17.7 Å². The molecule has 22 heavy (non-hydrogen) atoms. The fraction of sp³-hybridized carbons (Fsp3) is 0.0667. The van der Waals surface area contributed by atoms with Crippen molar-refractivity contribution in [1.82, 2.24) is 0 Å². The summed E-state index contributed by atoms with van der Waals surface area (Å²) in [7, 11) is 1.44. The first-order chi connectivity index (χ1) is 10.6. The third-order valence-electron chi connectivity index (χ3n) is 3.25. The second-order valence-electron chi connectivity index (χ2n) is 4.57. The van der Waals surface area contributed by atoms with Crippen molar-refractivity contribution in [2.45, 2.75) is 0 Å². The van der Waals surface area contributed by atoms with Gasteiger partial charge in [-0.1, -0.05) is 18.2 Å². The molecule has 1 amide bonds. The Hall–Kier alpha value is -3.22. The number of carbonyl (C=O) groups is 1. The van der Waals surface area contributed by atoms with Gasteiger partial charge in [-0.3, -0.25) is 14.9 Å². The van der Waals surface area contributed by atoms with E-state index in [4.69, 9.17) is 4.74 Å². The second-order valence-corrected chi connectivity index (χ2v) is 4.57. The normalized spacial score (nSPS) is 14.6. The van der Waals surface area contributed by atoms with Gasteiger partial charge < -0.3 is 10.1 Å². The molecule has 3 rings (SSSR count). The Balaban J connectivity index is 2.14.